The van der Waals surface area contributed by atoms with Gasteiger partial charge in [-0.15, -0.1) is 11.3 Å². The lowest BCUT2D eigenvalue weighted by molar-refractivity contribution is 0.412. The minimum absolute atomic E-state index is 0.131. The topological polar surface area (TPSA) is 79.6 Å². The Bertz CT molecular complexity index is 889. The van der Waals surface area contributed by atoms with Crippen LogP contribution in [0.3, 0.4) is 0 Å². The van der Waals surface area contributed by atoms with Crippen LogP contribution in [0.1, 0.15) is 16.0 Å². The van der Waals surface area contributed by atoms with E-state index in [1.54, 1.807) is 36.6 Å². The number of aromatic hydroxyl groups is 1. The highest BCUT2D eigenvalue weighted by Crippen LogP contribution is 2.32. The Morgan fingerprint density at radius 1 is 1.30 bits per heavy atom. The number of ether oxygens (including phenoxy) is 1. The lowest BCUT2D eigenvalue weighted by Crippen LogP contribution is -1.96. The van der Waals surface area contributed by atoms with E-state index in [1.807, 2.05) is 6.92 Å². The molecule has 1 aromatic carbocycles. The number of hydrazone groups is 1. The number of methoxy groups -OCH3 is 1. The van der Waals surface area contributed by atoms with E-state index in [2.05, 4.69) is 27.4 Å². The third kappa shape index (κ3) is 2.95. The largest absolute Gasteiger partial charge is 0.507 e. The molecule has 0 saturated heterocycles. The second-order valence-corrected chi connectivity index (χ2v) is 6.18. The monoisotopic (exact) mass is 328 g/mol. The summed E-state index contributed by atoms with van der Waals surface area (Å²) < 4.78 is 5.14. The molecule has 0 atom stereocenters. The summed E-state index contributed by atoms with van der Waals surface area (Å²) in [7, 11) is 1.57. The summed E-state index contributed by atoms with van der Waals surface area (Å²) in [5.41, 5.74) is 4.63. The molecule has 0 unspecified atom stereocenters. The molecule has 0 aliphatic carbocycles. The Morgan fingerprint density at radius 2 is 2.13 bits per heavy atom. The first-order valence-corrected chi connectivity index (χ1v) is 7.78. The van der Waals surface area contributed by atoms with Crippen molar-refractivity contribution < 1.29 is 9.84 Å². The first kappa shape index (κ1) is 15.2. The highest BCUT2D eigenvalue weighted by molar-refractivity contribution is 7.18. The molecule has 0 spiro atoms. The van der Waals surface area contributed by atoms with Crippen LogP contribution in [0.15, 0.2) is 29.6 Å². The van der Waals surface area contributed by atoms with Gasteiger partial charge in [-0.2, -0.15) is 5.10 Å². The lowest BCUT2D eigenvalue weighted by Gasteiger charge is -2.04. The Morgan fingerprint density at radius 3 is 2.91 bits per heavy atom. The molecule has 7 heteroatoms. The smallest absolute Gasteiger partial charge is 0.158 e. The molecular formula is C16H16N4O2S. The molecule has 118 valence electrons. The SMILES string of the molecule is COc1ccc(O)c(/C=N/Nc2ncnc3sc(C)c(C)c23)c1. The van der Waals surface area contributed by atoms with E-state index in [1.165, 1.54) is 17.4 Å². The van der Waals surface area contributed by atoms with Crippen LogP contribution >= 0.6 is 11.3 Å². The van der Waals surface area contributed by atoms with Crippen LogP contribution in [0.4, 0.5) is 5.82 Å². The summed E-state index contributed by atoms with van der Waals surface area (Å²) >= 11 is 1.63. The van der Waals surface area contributed by atoms with Crippen molar-refractivity contribution in [1.82, 2.24) is 9.97 Å². The van der Waals surface area contributed by atoms with Gasteiger partial charge in [-0.25, -0.2) is 9.97 Å². The van der Waals surface area contributed by atoms with Gasteiger partial charge in [-0.05, 0) is 37.6 Å². The molecule has 0 aliphatic heterocycles. The molecule has 2 N–H and O–H groups in total. The zero-order valence-corrected chi connectivity index (χ0v) is 13.8. The molecule has 0 aliphatic rings. The Kier molecular flexibility index (Phi) is 4.12. The van der Waals surface area contributed by atoms with E-state index < -0.39 is 0 Å². The number of benzene rings is 1. The number of nitrogens with zero attached hydrogens (tertiary/aromatic N) is 3. The molecule has 0 radical (unpaired) electrons. The van der Waals surface area contributed by atoms with E-state index in [-0.39, 0.29) is 5.75 Å². The van der Waals surface area contributed by atoms with Gasteiger partial charge in [0.25, 0.3) is 0 Å². The van der Waals surface area contributed by atoms with Gasteiger partial charge in [0, 0.05) is 10.4 Å². The van der Waals surface area contributed by atoms with Crippen molar-refractivity contribution in [2.45, 2.75) is 13.8 Å². The van der Waals surface area contributed by atoms with Crippen molar-refractivity contribution in [3.8, 4) is 11.5 Å². The van der Waals surface area contributed by atoms with Gasteiger partial charge in [0.2, 0.25) is 0 Å². The van der Waals surface area contributed by atoms with Crippen LogP contribution in [0, 0.1) is 13.8 Å². The van der Waals surface area contributed by atoms with Gasteiger partial charge in [0.15, 0.2) is 5.82 Å². The summed E-state index contributed by atoms with van der Waals surface area (Å²) in [5, 5.41) is 15.0. The fourth-order valence-corrected chi connectivity index (χ4v) is 3.19. The quantitative estimate of drug-likeness (QED) is 0.566. The molecule has 3 rings (SSSR count). The molecule has 2 aromatic heterocycles. The molecule has 0 bridgehead atoms. The number of thiophene rings is 1. The van der Waals surface area contributed by atoms with Gasteiger partial charge in [0.05, 0.1) is 18.7 Å². The van der Waals surface area contributed by atoms with Crippen molar-refractivity contribution in [2.75, 3.05) is 12.5 Å². The molecule has 0 saturated carbocycles. The molecule has 0 amide bonds. The van der Waals surface area contributed by atoms with Crippen molar-refractivity contribution >= 4 is 33.6 Å². The van der Waals surface area contributed by atoms with Crippen molar-refractivity contribution in [2.24, 2.45) is 5.10 Å². The summed E-state index contributed by atoms with van der Waals surface area (Å²) in [4.78, 5) is 10.7. The average molecular weight is 328 g/mol. The summed E-state index contributed by atoms with van der Waals surface area (Å²) in [6.45, 7) is 4.10. The second-order valence-electron chi connectivity index (χ2n) is 4.98. The van der Waals surface area contributed by atoms with Gasteiger partial charge < -0.3 is 9.84 Å². The number of fused-ring (bicyclic) bond motifs is 1. The molecule has 3 aromatic rings. The van der Waals surface area contributed by atoms with Crippen LogP contribution in [0.25, 0.3) is 10.2 Å². The number of phenolic OH excluding ortho intramolecular Hbond substituents is 1. The van der Waals surface area contributed by atoms with Gasteiger partial charge in [-0.3, -0.25) is 5.43 Å². The van der Waals surface area contributed by atoms with Crippen molar-refractivity contribution in [3.63, 3.8) is 0 Å². The molecule has 0 fully saturated rings. The maximum absolute atomic E-state index is 9.85. The van der Waals surface area contributed by atoms with Crippen LogP contribution in [-0.4, -0.2) is 28.4 Å². The zero-order valence-electron chi connectivity index (χ0n) is 13.0. The van der Waals surface area contributed by atoms with Gasteiger partial charge in [0.1, 0.15) is 22.7 Å². The number of anilines is 1. The number of hydrogen-bond acceptors (Lipinski definition) is 7. The van der Waals surface area contributed by atoms with Gasteiger partial charge in [-0.1, -0.05) is 0 Å². The first-order valence-electron chi connectivity index (χ1n) is 6.97. The third-order valence-electron chi connectivity index (χ3n) is 3.57. The summed E-state index contributed by atoms with van der Waals surface area (Å²) in [6.07, 6.45) is 3.04. The van der Waals surface area contributed by atoms with Crippen LogP contribution in [-0.2, 0) is 0 Å². The Labute approximate surface area is 137 Å². The maximum Gasteiger partial charge on any atom is 0.158 e. The standard InChI is InChI=1S/C16H16N4O2S/c1-9-10(2)23-16-14(9)15(17-8-18-16)20-19-7-11-6-12(22-3)4-5-13(11)21/h4-8,21H,1-3H3,(H,17,18,20)/b19-7+. The third-order valence-corrected chi connectivity index (χ3v) is 4.69. The fraction of sp³-hybridized carbons (Fsp3) is 0.188. The van der Waals surface area contributed by atoms with Crippen LogP contribution < -0.4 is 10.2 Å². The van der Waals surface area contributed by atoms with Gasteiger partial charge >= 0.3 is 0 Å². The minimum Gasteiger partial charge on any atom is -0.507 e. The summed E-state index contributed by atoms with van der Waals surface area (Å²) in [6, 6.07) is 4.96. The zero-order chi connectivity index (χ0) is 16.4. The number of aryl methyl sites for hydroxylation is 2. The maximum atomic E-state index is 9.85. The van der Waals surface area contributed by atoms with E-state index in [0.717, 1.165) is 15.8 Å². The number of phenols is 1. The fourth-order valence-electron chi connectivity index (χ4n) is 2.19. The van der Waals surface area contributed by atoms with Crippen molar-refractivity contribution in [3.05, 3.63) is 40.5 Å². The highest BCUT2D eigenvalue weighted by atomic mass is 32.1. The average Bonchev–Trinajstić information content (AvgIpc) is 2.85. The molecular weight excluding hydrogens is 312 g/mol. The predicted octanol–water partition coefficient (Wildman–Crippen LogP) is 3.47. The molecule has 6 nitrogen and oxygen atoms in total. The van der Waals surface area contributed by atoms with Crippen LogP contribution in [0.2, 0.25) is 0 Å². The predicted molar refractivity (Wildman–Crippen MR) is 92.8 cm³/mol. The molecule has 23 heavy (non-hydrogen) atoms. The van der Waals surface area contributed by atoms with Crippen molar-refractivity contribution in [1.29, 1.82) is 0 Å². The van der Waals surface area contributed by atoms with Crippen LogP contribution in [0.5, 0.6) is 11.5 Å². The number of rotatable bonds is 4. The lowest BCUT2D eigenvalue weighted by atomic mass is 10.2. The first-order chi connectivity index (χ1) is 11.1. The highest BCUT2D eigenvalue weighted by Gasteiger charge is 2.11. The Hall–Kier alpha value is -2.67. The number of aromatic nitrogens is 2. The number of hydrogen-bond donors (Lipinski definition) is 2. The van der Waals surface area contributed by atoms with E-state index in [9.17, 15) is 5.11 Å². The number of nitrogens with one attached hydrogen (secondary N) is 1. The second kappa shape index (κ2) is 6.21. The van der Waals surface area contributed by atoms with E-state index in [4.69, 9.17) is 4.74 Å². The minimum atomic E-state index is 0.131. The van der Waals surface area contributed by atoms with E-state index in [0.29, 0.717) is 17.1 Å². The Balaban J connectivity index is 1.89. The molecule has 2 heterocycles. The van der Waals surface area contributed by atoms with E-state index >= 15 is 0 Å². The normalized spacial score (nSPS) is 11.3. The summed E-state index contributed by atoms with van der Waals surface area (Å²) in [5.74, 6) is 1.43.